The van der Waals surface area contributed by atoms with Crippen molar-refractivity contribution in [1.29, 1.82) is 0 Å². The average Bonchev–Trinajstić information content (AvgIpc) is 2.18. The Morgan fingerprint density at radius 1 is 1.33 bits per heavy atom. The number of hydrogen-bond acceptors (Lipinski definition) is 6. The van der Waals surface area contributed by atoms with Crippen molar-refractivity contribution in [2.24, 2.45) is 5.73 Å². The highest BCUT2D eigenvalue weighted by molar-refractivity contribution is 5.72. The Morgan fingerprint density at radius 3 is 2.40 bits per heavy atom. The van der Waals surface area contributed by atoms with Gasteiger partial charge in [0, 0.05) is 0 Å². The number of nitrogens with two attached hydrogens (primary N) is 1. The number of carbonyl (C=O) groups is 1. The molecular weight excluding hydrogens is 208 g/mol. The van der Waals surface area contributed by atoms with Crippen LogP contribution < -0.4 is 11.1 Å². The Hall–Kier alpha value is -0.930. The Bertz CT molecular complexity index is 238. The number of aliphatic hydroxyl groups is 4. The van der Waals surface area contributed by atoms with Gasteiger partial charge in [0.15, 0.2) is 6.29 Å². The van der Waals surface area contributed by atoms with Crippen molar-refractivity contribution in [3.8, 4) is 0 Å². The fraction of sp³-hybridized carbons (Fsp3) is 0.857. The van der Waals surface area contributed by atoms with Crippen LogP contribution in [0.15, 0.2) is 0 Å². The van der Waals surface area contributed by atoms with E-state index in [1.807, 2.05) is 5.32 Å². The zero-order valence-corrected chi connectivity index (χ0v) is 7.78. The Labute approximate surface area is 85.3 Å². The van der Waals surface area contributed by atoms with Gasteiger partial charge in [-0.2, -0.15) is 0 Å². The van der Waals surface area contributed by atoms with Crippen LogP contribution in [-0.4, -0.2) is 63.7 Å². The van der Waals surface area contributed by atoms with Crippen molar-refractivity contribution in [2.45, 2.75) is 30.6 Å². The van der Waals surface area contributed by atoms with Gasteiger partial charge in [-0.25, -0.2) is 4.79 Å². The van der Waals surface area contributed by atoms with Gasteiger partial charge in [-0.15, -0.1) is 0 Å². The molecule has 0 saturated carbocycles. The van der Waals surface area contributed by atoms with Crippen LogP contribution in [0.2, 0.25) is 0 Å². The largest absolute Gasteiger partial charge is 0.394 e. The van der Waals surface area contributed by atoms with Crippen molar-refractivity contribution in [3.63, 3.8) is 0 Å². The fourth-order valence-corrected chi connectivity index (χ4v) is 1.42. The summed E-state index contributed by atoms with van der Waals surface area (Å²) in [4.78, 5) is 10.5. The van der Waals surface area contributed by atoms with E-state index in [1.165, 1.54) is 0 Å². The third-order valence-corrected chi connectivity index (χ3v) is 2.21. The van der Waals surface area contributed by atoms with Crippen LogP contribution in [0.4, 0.5) is 4.79 Å². The van der Waals surface area contributed by atoms with Crippen LogP contribution in [0.25, 0.3) is 0 Å². The lowest BCUT2D eigenvalue weighted by Gasteiger charge is -2.39. The second kappa shape index (κ2) is 4.73. The summed E-state index contributed by atoms with van der Waals surface area (Å²) >= 11 is 0. The summed E-state index contributed by atoms with van der Waals surface area (Å²) < 4.78 is 4.76. The van der Waals surface area contributed by atoms with Gasteiger partial charge < -0.3 is 36.2 Å². The number of nitrogens with one attached hydrogen (secondary N) is 1. The van der Waals surface area contributed by atoms with Gasteiger partial charge in [-0.1, -0.05) is 0 Å². The molecular formula is C7H14N2O6. The van der Waals surface area contributed by atoms with Crippen molar-refractivity contribution in [1.82, 2.24) is 5.32 Å². The quantitative estimate of drug-likeness (QED) is 0.285. The fourth-order valence-electron chi connectivity index (χ4n) is 1.42. The predicted octanol–water partition coefficient (Wildman–Crippen LogP) is -3.55. The number of primary amides is 1. The molecule has 0 radical (unpaired) electrons. The smallest absolute Gasteiger partial charge is 0.312 e. The molecule has 2 amide bonds. The summed E-state index contributed by atoms with van der Waals surface area (Å²) in [6.07, 6.45) is -5.50. The second-order valence-corrected chi connectivity index (χ2v) is 3.26. The van der Waals surface area contributed by atoms with Crippen molar-refractivity contribution in [2.75, 3.05) is 6.61 Å². The van der Waals surface area contributed by atoms with Crippen LogP contribution in [0.5, 0.6) is 0 Å². The molecule has 0 aliphatic carbocycles. The number of amides is 2. The van der Waals surface area contributed by atoms with Crippen LogP contribution in [-0.2, 0) is 4.74 Å². The highest BCUT2D eigenvalue weighted by atomic mass is 16.6. The Morgan fingerprint density at radius 2 is 1.93 bits per heavy atom. The topological polar surface area (TPSA) is 145 Å². The van der Waals surface area contributed by atoms with E-state index < -0.39 is 43.3 Å². The molecule has 1 rings (SSSR count). The van der Waals surface area contributed by atoms with Gasteiger partial charge in [-0.3, -0.25) is 0 Å². The molecule has 0 aromatic rings. The molecule has 0 aromatic carbocycles. The average molecular weight is 222 g/mol. The molecule has 1 unspecified atom stereocenters. The minimum atomic E-state index is -1.53. The summed E-state index contributed by atoms with van der Waals surface area (Å²) in [6.45, 7) is -0.557. The van der Waals surface area contributed by atoms with Gasteiger partial charge in [0.1, 0.15) is 24.4 Å². The van der Waals surface area contributed by atoms with Gasteiger partial charge in [-0.05, 0) is 0 Å². The molecule has 1 aliphatic heterocycles. The molecule has 1 saturated heterocycles. The van der Waals surface area contributed by atoms with Crippen molar-refractivity contribution >= 4 is 6.03 Å². The van der Waals surface area contributed by atoms with Gasteiger partial charge in [0.05, 0.1) is 6.61 Å². The number of ether oxygens (including phenoxy) is 1. The van der Waals surface area contributed by atoms with Crippen LogP contribution in [0, 0.1) is 0 Å². The molecule has 88 valence electrons. The summed E-state index contributed by atoms with van der Waals surface area (Å²) in [7, 11) is 0. The second-order valence-electron chi connectivity index (χ2n) is 3.26. The first-order chi connectivity index (χ1) is 6.97. The molecule has 1 aliphatic rings. The zero-order valence-electron chi connectivity index (χ0n) is 7.78. The maximum atomic E-state index is 10.5. The first-order valence-electron chi connectivity index (χ1n) is 4.34. The molecule has 8 nitrogen and oxygen atoms in total. The van der Waals surface area contributed by atoms with Crippen molar-refractivity contribution < 1.29 is 30.0 Å². The van der Waals surface area contributed by atoms with E-state index in [1.54, 1.807) is 0 Å². The van der Waals surface area contributed by atoms with Gasteiger partial charge in [0.2, 0.25) is 0 Å². The van der Waals surface area contributed by atoms with E-state index in [9.17, 15) is 20.1 Å². The van der Waals surface area contributed by atoms with Crippen LogP contribution >= 0.6 is 0 Å². The highest BCUT2D eigenvalue weighted by Gasteiger charge is 2.44. The summed E-state index contributed by atoms with van der Waals surface area (Å²) in [5.74, 6) is 0. The maximum absolute atomic E-state index is 10.5. The summed E-state index contributed by atoms with van der Waals surface area (Å²) in [5, 5.41) is 39.0. The van der Waals surface area contributed by atoms with E-state index in [0.717, 1.165) is 0 Å². The molecule has 5 atom stereocenters. The number of rotatable bonds is 2. The summed E-state index contributed by atoms with van der Waals surface area (Å²) in [5.41, 5.74) is 4.80. The van der Waals surface area contributed by atoms with Crippen LogP contribution in [0.3, 0.4) is 0 Å². The van der Waals surface area contributed by atoms with E-state index in [4.69, 9.17) is 15.6 Å². The lowest BCUT2D eigenvalue weighted by atomic mass is 9.97. The molecule has 0 bridgehead atoms. The SMILES string of the molecule is NC(=O)N[C@H]1C(O)O[C@H](CO)[C@H](O)[C@@H]1O. The van der Waals surface area contributed by atoms with Gasteiger partial charge >= 0.3 is 6.03 Å². The standard InChI is InChI=1S/C7H14N2O6/c8-7(14)9-3-5(12)4(11)2(1-10)15-6(3)13/h2-6,10-13H,1H2,(H3,8,9,14)/t2-,3-,4+,5-,6?/m1/s1. The molecule has 1 fully saturated rings. The third kappa shape index (κ3) is 2.55. The number of carbonyl (C=O) groups excluding carboxylic acids is 1. The molecule has 7 N–H and O–H groups in total. The first-order valence-corrected chi connectivity index (χ1v) is 4.34. The van der Waals surface area contributed by atoms with Gasteiger partial charge in [0.25, 0.3) is 0 Å². The number of urea groups is 1. The van der Waals surface area contributed by atoms with E-state index >= 15 is 0 Å². The Balaban J connectivity index is 2.70. The molecule has 15 heavy (non-hydrogen) atoms. The molecule has 8 heteroatoms. The summed E-state index contributed by atoms with van der Waals surface area (Å²) in [6, 6.07) is -2.18. The van der Waals surface area contributed by atoms with E-state index in [2.05, 4.69) is 0 Å². The zero-order chi connectivity index (χ0) is 11.6. The normalized spacial score (nSPS) is 41.2. The molecule has 0 aromatic heterocycles. The predicted molar refractivity (Wildman–Crippen MR) is 46.5 cm³/mol. The first kappa shape index (κ1) is 12.1. The van der Waals surface area contributed by atoms with E-state index in [0.29, 0.717) is 0 Å². The minimum Gasteiger partial charge on any atom is -0.394 e. The number of hydrogen-bond donors (Lipinski definition) is 6. The monoisotopic (exact) mass is 222 g/mol. The van der Waals surface area contributed by atoms with E-state index in [-0.39, 0.29) is 0 Å². The third-order valence-electron chi connectivity index (χ3n) is 2.21. The highest BCUT2D eigenvalue weighted by Crippen LogP contribution is 2.19. The minimum absolute atomic E-state index is 0.557. The molecule has 1 heterocycles. The number of aliphatic hydroxyl groups excluding tert-OH is 4. The van der Waals surface area contributed by atoms with Crippen molar-refractivity contribution in [3.05, 3.63) is 0 Å². The maximum Gasteiger partial charge on any atom is 0.312 e. The lowest BCUT2D eigenvalue weighted by molar-refractivity contribution is -0.252. The molecule has 0 spiro atoms. The van der Waals surface area contributed by atoms with Crippen LogP contribution in [0.1, 0.15) is 0 Å². The lowest BCUT2D eigenvalue weighted by Crippen LogP contribution is -2.64. The Kier molecular flexibility index (Phi) is 3.83.